The van der Waals surface area contributed by atoms with Gasteiger partial charge in [-0.25, -0.2) is 0 Å². The molecule has 3 unspecified atom stereocenters. The molecular weight excluding hydrogens is 220 g/mol. The largest absolute Gasteiger partial charge is 0.330 e. The Morgan fingerprint density at radius 2 is 1.89 bits per heavy atom. The summed E-state index contributed by atoms with van der Waals surface area (Å²) in [5.41, 5.74) is 6.48. The Hall–Kier alpha value is -0.0800. The van der Waals surface area contributed by atoms with Crippen molar-refractivity contribution in [2.45, 2.75) is 65.8 Å². The van der Waals surface area contributed by atoms with E-state index in [0.717, 1.165) is 12.5 Å². The van der Waals surface area contributed by atoms with Crippen molar-refractivity contribution < 1.29 is 0 Å². The normalized spacial score (nSPS) is 29.8. The summed E-state index contributed by atoms with van der Waals surface area (Å²) in [5.74, 6) is 1.58. The van der Waals surface area contributed by atoms with Crippen molar-refractivity contribution in [3.63, 3.8) is 0 Å². The van der Waals surface area contributed by atoms with Crippen LogP contribution in [0.5, 0.6) is 0 Å². The zero-order chi connectivity index (χ0) is 13.8. The summed E-state index contributed by atoms with van der Waals surface area (Å²) in [6.07, 6.45) is 6.57. The summed E-state index contributed by atoms with van der Waals surface area (Å²) >= 11 is 0. The van der Waals surface area contributed by atoms with Crippen molar-refractivity contribution in [1.29, 1.82) is 0 Å². The smallest absolute Gasteiger partial charge is 0.0135 e. The molecule has 1 saturated carbocycles. The van der Waals surface area contributed by atoms with Crippen molar-refractivity contribution in [3.05, 3.63) is 0 Å². The average Bonchev–Trinajstić information content (AvgIpc) is 2.38. The molecule has 1 fully saturated rings. The van der Waals surface area contributed by atoms with Crippen LogP contribution in [-0.2, 0) is 0 Å². The van der Waals surface area contributed by atoms with E-state index < -0.39 is 0 Å². The molecule has 108 valence electrons. The number of hydrogen-bond acceptors (Lipinski definition) is 2. The fourth-order valence-corrected chi connectivity index (χ4v) is 3.54. The third kappa shape index (κ3) is 3.71. The summed E-state index contributed by atoms with van der Waals surface area (Å²) < 4.78 is 0. The highest BCUT2D eigenvalue weighted by Gasteiger charge is 2.37. The Kier molecular flexibility index (Phi) is 6.13. The van der Waals surface area contributed by atoms with Gasteiger partial charge in [0.15, 0.2) is 0 Å². The van der Waals surface area contributed by atoms with E-state index in [1.165, 1.54) is 38.6 Å². The highest BCUT2D eigenvalue weighted by molar-refractivity contribution is 4.91. The van der Waals surface area contributed by atoms with Gasteiger partial charge in [0, 0.05) is 6.04 Å². The Bertz CT molecular complexity index is 237. The Morgan fingerprint density at radius 1 is 1.22 bits per heavy atom. The van der Waals surface area contributed by atoms with Gasteiger partial charge in [-0.05, 0) is 63.1 Å². The van der Waals surface area contributed by atoms with E-state index in [-0.39, 0.29) is 0 Å². The van der Waals surface area contributed by atoms with Crippen LogP contribution in [0, 0.1) is 17.3 Å². The lowest BCUT2D eigenvalue weighted by molar-refractivity contribution is 0.0502. The minimum Gasteiger partial charge on any atom is -0.330 e. The first-order valence-electron chi connectivity index (χ1n) is 7.86. The van der Waals surface area contributed by atoms with Gasteiger partial charge in [0.2, 0.25) is 0 Å². The fourth-order valence-electron chi connectivity index (χ4n) is 3.54. The standard InChI is InChI=1S/C16H34N2/c1-6-10-18(5)15-11-14(16(3,4)7-2)9-8-13(15)12-17/h13-15H,6-12,17H2,1-5H3. The van der Waals surface area contributed by atoms with Crippen molar-refractivity contribution in [2.75, 3.05) is 20.1 Å². The minimum absolute atomic E-state index is 0.491. The predicted octanol–water partition coefficient (Wildman–Crippen LogP) is 3.51. The van der Waals surface area contributed by atoms with Crippen LogP contribution in [-0.4, -0.2) is 31.1 Å². The lowest BCUT2D eigenvalue weighted by Gasteiger charge is -2.46. The van der Waals surface area contributed by atoms with Crippen molar-refractivity contribution >= 4 is 0 Å². The van der Waals surface area contributed by atoms with Gasteiger partial charge in [-0.1, -0.05) is 34.1 Å². The average molecular weight is 254 g/mol. The molecule has 2 heteroatoms. The number of nitrogens with zero attached hydrogens (tertiary/aromatic N) is 1. The molecule has 0 spiro atoms. The molecule has 1 rings (SSSR count). The summed E-state index contributed by atoms with van der Waals surface area (Å²) in [4.78, 5) is 2.56. The first kappa shape index (κ1) is 16.0. The molecule has 3 atom stereocenters. The van der Waals surface area contributed by atoms with E-state index >= 15 is 0 Å². The SMILES string of the molecule is CCCN(C)C1CC(C(C)(C)CC)CCC1CN. The van der Waals surface area contributed by atoms with E-state index in [0.29, 0.717) is 17.4 Å². The summed E-state index contributed by atoms with van der Waals surface area (Å²) in [6, 6.07) is 0.708. The van der Waals surface area contributed by atoms with E-state index in [2.05, 4.69) is 39.6 Å². The summed E-state index contributed by atoms with van der Waals surface area (Å²) in [6.45, 7) is 11.6. The quantitative estimate of drug-likeness (QED) is 0.786. The highest BCUT2D eigenvalue weighted by atomic mass is 15.1. The predicted molar refractivity (Wildman–Crippen MR) is 80.7 cm³/mol. The maximum Gasteiger partial charge on any atom is 0.0135 e. The third-order valence-corrected chi connectivity index (χ3v) is 5.42. The molecule has 18 heavy (non-hydrogen) atoms. The molecule has 2 nitrogen and oxygen atoms in total. The number of hydrogen-bond donors (Lipinski definition) is 1. The molecule has 0 bridgehead atoms. The van der Waals surface area contributed by atoms with Crippen LogP contribution in [0.15, 0.2) is 0 Å². The van der Waals surface area contributed by atoms with Crippen LogP contribution in [0.1, 0.15) is 59.8 Å². The van der Waals surface area contributed by atoms with Crippen LogP contribution in [0.2, 0.25) is 0 Å². The minimum atomic E-state index is 0.491. The Balaban J connectivity index is 2.71. The zero-order valence-corrected chi connectivity index (χ0v) is 13.2. The molecule has 0 amide bonds. The van der Waals surface area contributed by atoms with Gasteiger partial charge < -0.3 is 10.6 Å². The van der Waals surface area contributed by atoms with E-state index in [1.807, 2.05) is 0 Å². The lowest BCUT2D eigenvalue weighted by atomic mass is 9.65. The Morgan fingerprint density at radius 3 is 2.39 bits per heavy atom. The summed E-state index contributed by atoms with van der Waals surface area (Å²) in [5, 5.41) is 0. The topological polar surface area (TPSA) is 29.3 Å². The molecule has 1 aliphatic rings. The number of rotatable bonds is 6. The third-order valence-electron chi connectivity index (χ3n) is 5.42. The number of nitrogens with two attached hydrogens (primary N) is 1. The highest BCUT2D eigenvalue weighted by Crippen LogP contribution is 2.43. The van der Waals surface area contributed by atoms with Gasteiger partial charge in [-0.15, -0.1) is 0 Å². The van der Waals surface area contributed by atoms with Gasteiger partial charge in [-0.3, -0.25) is 0 Å². The van der Waals surface area contributed by atoms with E-state index in [1.54, 1.807) is 0 Å². The van der Waals surface area contributed by atoms with Gasteiger partial charge in [0.05, 0.1) is 0 Å². The molecule has 0 aromatic carbocycles. The molecule has 0 saturated heterocycles. The summed E-state index contributed by atoms with van der Waals surface area (Å²) in [7, 11) is 2.29. The van der Waals surface area contributed by atoms with Crippen LogP contribution in [0.25, 0.3) is 0 Å². The van der Waals surface area contributed by atoms with Gasteiger partial charge in [0.25, 0.3) is 0 Å². The van der Waals surface area contributed by atoms with Gasteiger partial charge in [0.1, 0.15) is 0 Å². The second-order valence-corrected chi connectivity index (χ2v) is 6.90. The second kappa shape index (κ2) is 6.91. The Labute approximate surface area is 114 Å². The molecule has 2 N–H and O–H groups in total. The van der Waals surface area contributed by atoms with Crippen molar-refractivity contribution in [1.82, 2.24) is 4.90 Å². The zero-order valence-electron chi connectivity index (χ0n) is 13.2. The molecule has 0 aliphatic heterocycles. The first-order chi connectivity index (χ1) is 8.46. The van der Waals surface area contributed by atoms with E-state index in [9.17, 15) is 0 Å². The molecule has 1 aliphatic carbocycles. The van der Waals surface area contributed by atoms with Crippen molar-refractivity contribution in [3.8, 4) is 0 Å². The molecule has 0 heterocycles. The molecular formula is C16H34N2. The molecule has 0 aromatic heterocycles. The van der Waals surface area contributed by atoms with Crippen molar-refractivity contribution in [2.24, 2.45) is 23.0 Å². The maximum atomic E-state index is 5.99. The van der Waals surface area contributed by atoms with Gasteiger partial charge >= 0.3 is 0 Å². The first-order valence-corrected chi connectivity index (χ1v) is 7.86. The lowest BCUT2D eigenvalue weighted by Crippen LogP contribution is -2.47. The monoisotopic (exact) mass is 254 g/mol. The molecule has 0 radical (unpaired) electrons. The van der Waals surface area contributed by atoms with Crippen LogP contribution in [0.3, 0.4) is 0 Å². The van der Waals surface area contributed by atoms with E-state index in [4.69, 9.17) is 5.73 Å². The van der Waals surface area contributed by atoms with Gasteiger partial charge in [-0.2, -0.15) is 0 Å². The van der Waals surface area contributed by atoms with Crippen LogP contribution < -0.4 is 5.73 Å². The maximum absolute atomic E-state index is 5.99. The second-order valence-electron chi connectivity index (χ2n) is 6.90. The fraction of sp³-hybridized carbons (Fsp3) is 1.00. The van der Waals surface area contributed by atoms with Crippen LogP contribution >= 0.6 is 0 Å². The molecule has 0 aromatic rings. The van der Waals surface area contributed by atoms with Crippen LogP contribution in [0.4, 0.5) is 0 Å².